The number of amides is 3. The summed E-state index contributed by atoms with van der Waals surface area (Å²) >= 11 is 0. The molecule has 0 saturated carbocycles. The van der Waals surface area contributed by atoms with Crippen molar-refractivity contribution >= 4 is 23.7 Å². The van der Waals surface area contributed by atoms with Crippen LogP contribution in [-0.2, 0) is 25.6 Å². The number of likely N-dealkylation sites (tertiary alicyclic amines) is 1. The van der Waals surface area contributed by atoms with E-state index < -0.39 is 47.9 Å². The fourth-order valence-corrected chi connectivity index (χ4v) is 4.19. The molecule has 1 aliphatic heterocycles. The number of hydrogen-bond donors (Lipinski definition) is 4. The first-order chi connectivity index (χ1) is 16.0. The molecule has 0 spiro atoms. The molecule has 0 bridgehead atoms. The summed E-state index contributed by atoms with van der Waals surface area (Å²) < 4.78 is 0. The highest BCUT2D eigenvalue weighted by atomic mass is 16.4. The maximum absolute atomic E-state index is 13.3. The van der Waals surface area contributed by atoms with Gasteiger partial charge < -0.3 is 26.4 Å². The topological polar surface area (TPSA) is 142 Å². The monoisotopic (exact) mass is 474 g/mol. The molecule has 0 radical (unpaired) electrons. The molecule has 4 unspecified atom stereocenters. The van der Waals surface area contributed by atoms with Crippen molar-refractivity contribution in [1.29, 1.82) is 0 Å². The minimum atomic E-state index is -1.05. The number of nitrogens with zero attached hydrogens (tertiary/aromatic N) is 1. The van der Waals surface area contributed by atoms with Crippen LogP contribution in [0.2, 0.25) is 0 Å². The van der Waals surface area contributed by atoms with E-state index in [1.165, 1.54) is 4.90 Å². The first-order valence-corrected chi connectivity index (χ1v) is 11.9. The van der Waals surface area contributed by atoms with Crippen LogP contribution in [0.15, 0.2) is 30.3 Å². The number of aliphatic carboxylic acids is 1. The standard InChI is InChI=1S/C25H38N4O5/c1-15(2)13-18(26)22(30)27-19(14-17-9-6-5-7-10-17)23(31)28-21(16(3)4)24(32)29-12-8-11-20(29)25(33)34/h5-7,9-10,15-16,18-21H,8,11-14,26H2,1-4H3,(H,27,30)(H,28,31)(H,33,34). The summed E-state index contributed by atoms with van der Waals surface area (Å²) in [6.45, 7) is 7.84. The van der Waals surface area contributed by atoms with E-state index in [1.807, 2.05) is 44.2 Å². The van der Waals surface area contributed by atoms with Crippen LogP contribution in [0.4, 0.5) is 0 Å². The second-order valence-electron chi connectivity index (χ2n) is 9.75. The molecule has 4 atom stereocenters. The lowest BCUT2D eigenvalue weighted by molar-refractivity contribution is -0.150. The number of nitrogens with two attached hydrogens (primary N) is 1. The molecule has 3 amide bonds. The molecule has 1 aromatic carbocycles. The number of nitrogens with one attached hydrogen (secondary N) is 2. The molecule has 1 heterocycles. The molecule has 2 rings (SSSR count). The van der Waals surface area contributed by atoms with Gasteiger partial charge in [-0.2, -0.15) is 0 Å². The Balaban J connectivity index is 2.21. The Bertz CT molecular complexity index is 858. The third-order valence-corrected chi connectivity index (χ3v) is 6.03. The summed E-state index contributed by atoms with van der Waals surface area (Å²) in [7, 11) is 0. The molecule has 9 heteroatoms. The molecule has 1 aromatic rings. The van der Waals surface area contributed by atoms with Crippen molar-refractivity contribution in [3.8, 4) is 0 Å². The zero-order valence-corrected chi connectivity index (χ0v) is 20.5. The van der Waals surface area contributed by atoms with E-state index in [0.29, 0.717) is 25.8 Å². The second kappa shape index (κ2) is 12.5. The summed E-state index contributed by atoms with van der Waals surface area (Å²) in [4.78, 5) is 52.1. The van der Waals surface area contributed by atoms with Crippen LogP contribution >= 0.6 is 0 Å². The number of carboxylic acids is 1. The third kappa shape index (κ3) is 7.55. The van der Waals surface area contributed by atoms with E-state index in [0.717, 1.165) is 5.56 Å². The molecule has 1 saturated heterocycles. The average Bonchev–Trinajstić information content (AvgIpc) is 3.26. The van der Waals surface area contributed by atoms with Crippen molar-refractivity contribution in [3.63, 3.8) is 0 Å². The van der Waals surface area contributed by atoms with Crippen LogP contribution in [-0.4, -0.2) is 64.4 Å². The molecule has 0 aromatic heterocycles. The fourth-order valence-electron chi connectivity index (χ4n) is 4.19. The quantitative estimate of drug-likeness (QED) is 0.381. The van der Waals surface area contributed by atoms with Gasteiger partial charge in [0.1, 0.15) is 18.1 Å². The zero-order valence-electron chi connectivity index (χ0n) is 20.5. The Morgan fingerprint density at radius 2 is 1.71 bits per heavy atom. The van der Waals surface area contributed by atoms with Crippen molar-refractivity contribution in [3.05, 3.63) is 35.9 Å². The Labute approximate surface area is 201 Å². The summed E-state index contributed by atoms with van der Waals surface area (Å²) in [5.41, 5.74) is 6.87. The third-order valence-electron chi connectivity index (χ3n) is 6.03. The SMILES string of the molecule is CC(C)CC(N)C(=O)NC(Cc1ccccc1)C(=O)NC(C(=O)N1CCCC1C(=O)O)C(C)C. The minimum Gasteiger partial charge on any atom is -0.480 e. The lowest BCUT2D eigenvalue weighted by Crippen LogP contribution is -2.59. The van der Waals surface area contributed by atoms with Crippen LogP contribution in [0.25, 0.3) is 0 Å². The Hall–Kier alpha value is -2.94. The van der Waals surface area contributed by atoms with Crippen molar-refractivity contribution in [1.82, 2.24) is 15.5 Å². The lowest BCUT2D eigenvalue weighted by Gasteiger charge is -2.31. The number of benzene rings is 1. The lowest BCUT2D eigenvalue weighted by atomic mass is 9.99. The van der Waals surface area contributed by atoms with Crippen molar-refractivity contribution in [2.24, 2.45) is 17.6 Å². The van der Waals surface area contributed by atoms with Crippen molar-refractivity contribution in [2.75, 3.05) is 6.54 Å². The van der Waals surface area contributed by atoms with Crippen LogP contribution < -0.4 is 16.4 Å². The summed E-state index contributed by atoms with van der Waals surface area (Å²) in [6.07, 6.45) is 1.69. The number of carbonyl (C=O) groups is 4. The first-order valence-electron chi connectivity index (χ1n) is 11.9. The van der Waals surface area contributed by atoms with E-state index in [1.54, 1.807) is 13.8 Å². The van der Waals surface area contributed by atoms with E-state index in [2.05, 4.69) is 10.6 Å². The van der Waals surface area contributed by atoms with Gasteiger partial charge in [-0.15, -0.1) is 0 Å². The van der Waals surface area contributed by atoms with E-state index >= 15 is 0 Å². The fraction of sp³-hybridized carbons (Fsp3) is 0.600. The van der Waals surface area contributed by atoms with Gasteiger partial charge in [-0.3, -0.25) is 14.4 Å². The van der Waals surface area contributed by atoms with Crippen molar-refractivity contribution < 1.29 is 24.3 Å². The van der Waals surface area contributed by atoms with Gasteiger partial charge in [0.05, 0.1) is 6.04 Å². The maximum Gasteiger partial charge on any atom is 0.326 e. The van der Waals surface area contributed by atoms with Gasteiger partial charge in [0, 0.05) is 13.0 Å². The summed E-state index contributed by atoms with van der Waals surface area (Å²) in [5, 5.41) is 15.0. The van der Waals surface area contributed by atoms with E-state index in [4.69, 9.17) is 5.73 Å². The van der Waals surface area contributed by atoms with Crippen LogP contribution in [0.5, 0.6) is 0 Å². The zero-order chi connectivity index (χ0) is 25.4. The summed E-state index contributed by atoms with van der Waals surface area (Å²) in [6, 6.07) is 5.77. The average molecular weight is 475 g/mol. The Kier molecular flexibility index (Phi) is 10.0. The predicted octanol–water partition coefficient (Wildman–Crippen LogP) is 1.30. The van der Waals surface area contributed by atoms with Crippen LogP contribution in [0.1, 0.15) is 52.5 Å². The molecule has 0 aliphatic carbocycles. The van der Waals surface area contributed by atoms with Gasteiger partial charge in [-0.25, -0.2) is 4.79 Å². The molecule has 1 aliphatic rings. The molecular weight excluding hydrogens is 436 g/mol. The van der Waals surface area contributed by atoms with Gasteiger partial charge in [0.25, 0.3) is 0 Å². The molecular formula is C25H38N4O5. The normalized spacial score (nSPS) is 18.4. The second-order valence-corrected chi connectivity index (χ2v) is 9.75. The molecule has 188 valence electrons. The summed E-state index contributed by atoms with van der Waals surface area (Å²) in [5.74, 6) is -2.46. The smallest absolute Gasteiger partial charge is 0.326 e. The molecule has 9 nitrogen and oxygen atoms in total. The van der Waals surface area contributed by atoms with E-state index in [9.17, 15) is 24.3 Å². The highest BCUT2D eigenvalue weighted by Gasteiger charge is 2.39. The number of hydrogen-bond acceptors (Lipinski definition) is 5. The highest BCUT2D eigenvalue weighted by molar-refractivity contribution is 5.94. The van der Waals surface area contributed by atoms with Gasteiger partial charge in [0.2, 0.25) is 17.7 Å². The largest absolute Gasteiger partial charge is 0.480 e. The number of carboxylic acid groups (broad SMARTS) is 1. The maximum atomic E-state index is 13.3. The van der Waals surface area contributed by atoms with E-state index in [-0.39, 0.29) is 18.3 Å². The van der Waals surface area contributed by atoms with Gasteiger partial charge in [-0.1, -0.05) is 58.0 Å². The predicted molar refractivity (Wildman–Crippen MR) is 129 cm³/mol. The minimum absolute atomic E-state index is 0.215. The first kappa shape index (κ1) is 27.3. The van der Waals surface area contributed by atoms with Crippen LogP contribution in [0.3, 0.4) is 0 Å². The Morgan fingerprint density at radius 3 is 2.26 bits per heavy atom. The molecule has 5 N–H and O–H groups in total. The molecule has 1 fully saturated rings. The van der Waals surface area contributed by atoms with Gasteiger partial charge in [-0.05, 0) is 36.7 Å². The number of carbonyl (C=O) groups excluding carboxylic acids is 3. The van der Waals surface area contributed by atoms with Crippen molar-refractivity contribution in [2.45, 2.75) is 77.5 Å². The highest BCUT2D eigenvalue weighted by Crippen LogP contribution is 2.20. The van der Waals surface area contributed by atoms with Gasteiger partial charge in [0.15, 0.2) is 0 Å². The van der Waals surface area contributed by atoms with Gasteiger partial charge >= 0.3 is 5.97 Å². The Morgan fingerprint density at radius 1 is 1.06 bits per heavy atom. The van der Waals surface area contributed by atoms with Crippen LogP contribution in [0, 0.1) is 11.8 Å². The molecule has 34 heavy (non-hydrogen) atoms. The number of rotatable bonds is 11.